The van der Waals surface area contributed by atoms with Crippen molar-refractivity contribution < 1.29 is 32.7 Å². The van der Waals surface area contributed by atoms with Crippen LogP contribution in [0, 0.1) is 33.8 Å². The van der Waals surface area contributed by atoms with Crippen molar-refractivity contribution in [2.24, 2.45) is 5.73 Å². The van der Waals surface area contributed by atoms with Gasteiger partial charge in [-0.15, -0.1) is 5.56 Å². The molecule has 0 bridgehead atoms. The van der Waals surface area contributed by atoms with E-state index in [1.165, 1.54) is 27.8 Å². The molecule has 0 unspecified atom stereocenters. The van der Waals surface area contributed by atoms with Crippen molar-refractivity contribution in [1.29, 1.82) is 0 Å². The Kier molecular flexibility index (Phi) is 5.35. The van der Waals surface area contributed by atoms with Gasteiger partial charge in [-0.3, -0.25) is 0 Å². The maximum Gasteiger partial charge on any atom is 0 e. The van der Waals surface area contributed by atoms with Crippen molar-refractivity contribution in [3.63, 3.8) is 0 Å². The van der Waals surface area contributed by atoms with Gasteiger partial charge in [0.05, 0.1) is 0 Å². The molecule has 0 atom stereocenters. The van der Waals surface area contributed by atoms with Gasteiger partial charge < -0.3 is 5.73 Å². The number of benzene rings is 1. The molecule has 0 spiro atoms. The molecule has 2 heteroatoms. The van der Waals surface area contributed by atoms with Gasteiger partial charge in [0.1, 0.15) is 0 Å². The summed E-state index contributed by atoms with van der Waals surface area (Å²) in [5, 5.41) is 0. The number of hydrogen-bond acceptors (Lipinski definition) is 1. The van der Waals surface area contributed by atoms with Crippen LogP contribution in [-0.4, -0.2) is 0 Å². The molecule has 0 aliphatic rings. The van der Waals surface area contributed by atoms with Gasteiger partial charge in [0.2, 0.25) is 0 Å². The summed E-state index contributed by atoms with van der Waals surface area (Å²) >= 11 is 0. The van der Waals surface area contributed by atoms with Crippen molar-refractivity contribution in [1.82, 2.24) is 0 Å². The van der Waals surface area contributed by atoms with Crippen molar-refractivity contribution in [3.8, 4) is 0 Å². The molecule has 1 radical (unpaired) electrons. The molecular weight excluding hydrogens is 235 g/mol. The summed E-state index contributed by atoms with van der Waals surface area (Å²) in [5.41, 5.74) is 12.0. The topological polar surface area (TPSA) is 26.0 Å². The standard InChI is InChI=1S/C11H16N.Y/c1-7-5-8(2)10(4)11(6-12)9(7)3;/h6,12H2,1-4H3;/q-1;. The fourth-order valence-electron chi connectivity index (χ4n) is 1.51. The molecule has 0 amide bonds. The first kappa shape index (κ1) is 13.3. The Morgan fingerprint density at radius 2 is 1.38 bits per heavy atom. The van der Waals surface area contributed by atoms with Crippen LogP contribution in [0.25, 0.3) is 0 Å². The molecule has 0 aliphatic carbocycles. The molecule has 1 rings (SSSR count). The van der Waals surface area contributed by atoms with Gasteiger partial charge in [0, 0.05) is 32.7 Å². The van der Waals surface area contributed by atoms with Gasteiger partial charge >= 0.3 is 0 Å². The second-order valence-electron chi connectivity index (χ2n) is 3.31. The Labute approximate surface area is 106 Å². The zero-order chi connectivity index (χ0) is 9.30. The number of aryl methyl sites for hydroxylation is 2. The van der Waals surface area contributed by atoms with Crippen molar-refractivity contribution in [3.05, 3.63) is 33.9 Å². The number of nitrogens with two attached hydrogens (primary N) is 1. The molecule has 2 N–H and O–H groups in total. The van der Waals surface area contributed by atoms with E-state index < -0.39 is 0 Å². The average molecular weight is 251 g/mol. The summed E-state index contributed by atoms with van der Waals surface area (Å²) in [6, 6.07) is 3.33. The maximum absolute atomic E-state index is 5.68. The largest absolute Gasteiger partial charge is 0.328 e. The molecular formula is C11H16NY-. The third-order valence-corrected chi connectivity index (χ3v) is 2.61. The number of hydrogen-bond donors (Lipinski definition) is 1. The van der Waals surface area contributed by atoms with E-state index in [0.29, 0.717) is 6.54 Å². The van der Waals surface area contributed by atoms with E-state index in [1.54, 1.807) is 0 Å². The Bertz CT molecular complexity index is 279. The second kappa shape index (κ2) is 5.24. The van der Waals surface area contributed by atoms with E-state index >= 15 is 0 Å². The van der Waals surface area contributed by atoms with Crippen LogP contribution in [0.15, 0.2) is 0 Å². The van der Waals surface area contributed by atoms with E-state index in [4.69, 9.17) is 5.73 Å². The Morgan fingerprint density at radius 1 is 1.00 bits per heavy atom. The maximum atomic E-state index is 5.68. The van der Waals surface area contributed by atoms with Gasteiger partial charge in [-0.2, -0.15) is 28.3 Å². The van der Waals surface area contributed by atoms with E-state index in [1.807, 2.05) is 0 Å². The minimum absolute atomic E-state index is 0. The van der Waals surface area contributed by atoms with Gasteiger partial charge in [0.15, 0.2) is 0 Å². The van der Waals surface area contributed by atoms with Crippen LogP contribution in [0.2, 0.25) is 0 Å². The minimum atomic E-state index is 0. The summed E-state index contributed by atoms with van der Waals surface area (Å²) in [6.45, 7) is 9.02. The molecule has 1 aromatic rings. The molecule has 69 valence electrons. The first-order valence-corrected chi connectivity index (χ1v) is 4.26. The average Bonchev–Trinajstić information content (AvgIpc) is 2.02. The molecule has 0 saturated carbocycles. The fourth-order valence-corrected chi connectivity index (χ4v) is 1.51. The molecule has 0 saturated heterocycles. The first-order valence-electron chi connectivity index (χ1n) is 4.26. The third-order valence-electron chi connectivity index (χ3n) is 2.61. The zero-order valence-electron chi connectivity index (χ0n) is 8.86. The SMILES string of the molecule is Cc1[c-]c(C)c(C)c(CN)c1C.[Y]. The molecule has 1 aromatic carbocycles. The monoisotopic (exact) mass is 251 g/mol. The quantitative estimate of drug-likeness (QED) is 0.760. The van der Waals surface area contributed by atoms with E-state index in [-0.39, 0.29) is 32.7 Å². The van der Waals surface area contributed by atoms with Crippen LogP contribution in [-0.2, 0) is 39.3 Å². The van der Waals surface area contributed by atoms with Crippen molar-refractivity contribution in [2.45, 2.75) is 34.2 Å². The van der Waals surface area contributed by atoms with Gasteiger partial charge in [-0.05, 0) is 6.54 Å². The summed E-state index contributed by atoms with van der Waals surface area (Å²) in [6.07, 6.45) is 0. The van der Waals surface area contributed by atoms with Crippen LogP contribution < -0.4 is 5.73 Å². The predicted octanol–water partition coefficient (Wildman–Crippen LogP) is 2.18. The fraction of sp³-hybridized carbons (Fsp3) is 0.455. The predicted molar refractivity (Wildman–Crippen MR) is 52.1 cm³/mol. The molecule has 0 aliphatic heterocycles. The van der Waals surface area contributed by atoms with Crippen LogP contribution in [0.4, 0.5) is 0 Å². The molecule has 13 heavy (non-hydrogen) atoms. The van der Waals surface area contributed by atoms with Crippen molar-refractivity contribution >= 4 is 0 Å². The number of rotatable bonds is 1. The molecule has 0 heterocycles. The van der Waals surface area contributed by atoms with Crippen LogP contribution in [0.3, 0.4) is 0 Å². The van der Waals surface area contributed by atoms with E-state index in [9.17, 15) is 0 Å². The summed E-state index contributed by atoms with van der Waals surface area (Å²) in [7, 11) is 0. The van der Waals surface area contributed by atoms with Gasteiger partial charge in [-0.1, -0.05) is 27.7 Å². The summed E-state index contributed by atoms with van der Waals surface area (Å²) in [4.78, 5) is 0. The van der Waals surface area contributed by atoms with E-state index in [0.717, 1.165) is 0 Å². The Balaban J connectivity index is 0.00000144. The molecule has 0 aromatic heterocycles. The summed E-state index contributed by atoms with van der Waals surface area (Å²) in [5.74, 6) is 0. The van der Waals surface area contributed by atoms with Gasteiger partial charge in [0.25, 0.3) is 0 Å². The Hall–Kier alpha value is 0.284. The first-order chi connectivity index (χ1) is 5.57. The molecule has 1 nitrogen and oxygen atoms in total. The van der Waals surface area contributed by atoms with Crippen LogP contribution >= 0.6 is 0 Å². The van der Waals surface area contributed by atoms with Crippen LogP contribution in [0.5, 0.6) is 0 Å². The van der Waals surface area contributed by atoms with Crippen LogP contribution in [0.1, 0.15) is 27.8 Å². The molecule has 0 fully saturated rings. The second-order valence-corrected chi connectivity index (χ2v) is 3.31. The third kappa shape index (κ3) is 2.62. The van der Waals surface area contributed by atoms with Gasteiger partial charge in [-0.25, -0.2) is 0 Å². The zero-order valence-corrected chi connectivity index (χ0v) is 11.7. The van der Waals surface area contributed by atoms with Crippen molar-refractivity contribution in [2.75, 3.05) is 0 Å². The Morgan fingerprint density at radius 3 is 1.69 bits per heavy atom. The van der Waals surface area contributed by atoms with E-state index in [2.05, 4.69) is 33.8 Å². The normalized spacial score (nSPS) is 9.62. The smallest absolute Gasteiger partial charge is 0 e. The summed E-state index contributed by atoms with van der Waals surface area (Å²) < 4.78 is 0. The minimum Gasteiger partial charge on any atom is -0.328 e.